The Labute approximate surface area is 159 Å². The number of nitrogens with zero attached hydrogens (tertiary/aromatic N) is 2. The molecule has 1 fully saturated rings. The number of carbonyl (C=O) groups excluding carboxylic acids is 1. The molecule has 1 aliphatic rings. The summed E-state index contributed by atoms with van der Waals surface area (Å²) in [7, 11) is 0. The largest absolute Gasteiger partial charge is 0.481 e. The van der Waals surface area contributed by atoms with Crippen LogP contribution in [0.25, 0.3) is 0 Å². The first-order valence-electron chi connectivity index (χ1n) is 8.58. The second-order valence-corrected chi connectivity index (χ2v) is 6.74. The Kier molecular flexibility index (Phi) is 5.26. The van der Waals surface area contributed by atoms with E-state index in [9.17, 15) is 27.9 Å². The lowest BCUT2D eigenvalue weighted by Crippen LogP contribution is -2.30. The van der Waals surface area contributed by atoms with Crippen LogP contribution in [0.2, 0.25) is 0 Å². The molecule has 0 saturated carbocycles. The third-order valence-electron chi connectivity index (χ3n) is 4.71. The molecule has 1 aromatic carbocycles. The Balaban J connectivity index is 1.84. The van der Waals surface area contributed by atoms with Crippen molar-refractivity contribution in [3.05, 3.63) is 53.7 Å². The number of benzene rings is 1. The molecule has 2 N–H and O–H groups in total. The van der Waals surface area contributed by atoms with Gasteiger partial charge in [0.25, 0.3) is 5.91 Å². The number of aromatic nitrogens is 1. The molecule has 3 rings (SSSR count). The van der Waals surface area contributed by atoms with Gasteiger partial charge in [-0.1, -0.05) is 13.0 Å². The van der Waals surface area contributed by atoms with Gasteiger partial charge in [-0.3, -0.25) is 9.59 Å². The molecule has 1 amide bonds. The zero-order valence-corrected chi connectivity index (χ0v) is 14.9. The van der Waals surface area contributed by atoms with Gasteiger partial charge < -0.3 is 15.3 Å². The number of hydrogen-bond donors (Lipinski definition) is 2. The van der Waals surface area contributed by atoms with Crippen LogP contribution in [0, 0.1) is 11.8 Å². The van der Waals surface area contributed by atoms with Gasteiger partial charge in [0.15, 0.2) is 0 Å². The maximum absolute atomic E-state index is 12.9. The van der Waals surface area contributed by atoms with E-state index in [0.717, 1.165) is 12.1 Å². The topological polar surface area (TPSA) is 82.5 Å². The number of likely N-dealkylation sites (tertiary alicyclic amines) is 1. The number of carbonyl (C=O) groups is 2. The van der Waals surface area contributed by atoms with Gasteiger partial charge in [0.2, 0.25) is 0 Å². The Hall–Kier alpha value is -3.10. The van der Waals surface area contributed by atoms with Crippen LogP contribution in [0.3, 0.4) is 0 Å². The van der Waals surface area contributed by atoms with Crippen molar-refractivity contribution in [1.82, 2.24) is 9.88 Å². The fraction of sp³-hybridized carbons (Fsp3) is 0.316. The molecule has 0 aliphatic carbocycles. The number of pyridine rings is 1. The van der Waals surface area contributed by atoms with Crippen molar-refractivity contribution in [2.75, 3.05) is 18.4 Å². The Morgan fingerprint density at radius 1 is 1.21 bits per heavy atom. The molecule has 2 heterocycles. The number of rotatable bonds is 4. The van der Waals surface area contributed by atoms with E-state index in [-0.39, 0.29) is 36.1 Å². The number of aliphatic carboxylic acids is 1. The number of amides is 1. The van der Waals surface area contributed by atoms with Crippen LogP contribution < -0.4 is 5.32 Å². The number of carboxylic acids is 1. The second kappa shape index (κ2) is 7.49. The smallest absolute Gasteiger partial charge is 0.416 e. The number of halogens is 3. The van der Waals surface area contributed by atoms with Crippen molar-refractivity contribution >= 4 is 23.4 Å². The molecule has 0 unspecified atom stereocenters. The summed E-state index contributed by atoms with van der Waals surface area (Å²) in [4.78, 5) is 29.7. The normalized spacial score (nSPS) is 19.5. The van der Waals surface area contributed by atoms with Crippen molar-refractivity contribution in [1.29, 1.82) is 0 Å². The highest BCUT2D eigenvalue weighted by Crippen LogP contribution is 2.32. The molecule has 1 saturated heterocycles. The summed E-state index contributed by atoms with van der Waals surface area (Å²) in [6.45, 7) is 2.12. The van der Waals surface area contributed by atoms with Gasteiger partial charge in [0, 0.05) is 25.0 Å². The predicted molar refractivity (Wildman–Crippen MR) is 95.2 cm³/mol. The molecule has 9 heteroatoms. The van der Waals surface area contributed by atoms with Gasteiger partial charge in [-0.05, 0) is 36.2 Å². The summed E-state index contributed by atoms with van der Waals surface area (Å²) in [5.74, 6) is -2.12. The Bertz CT molecular complexity index is 901. The van der Waals surface area contributed by atoms with E-state index in [1.165, 1.54) is 29.3 Å². The van der Waals surface area contributed by atoms with Gasteiger partial charge in [-0.2, -0.15) is 13.2 Å². The zero-order valence-electron chi connectivity index (χ0n) is 14.9. The van der Waals surface area contributed by atoms with Gasteiger partial charge in [0.1, 0.15) is 5.82 Å². The summed E-state index contributed by atoms with van der Waals surface area (Å²) in [6.07, 6.45) is -3.07. The second-order valence-electron chi connectivity index (χ2n) is 6.74. The number of anilines is 2. The van der Waals surface area contributed by atoms with Crippen LogP contribution in [-0.4, -0.2) is 40.0 Å². The summed E-state index contributed by atoms with van der Waals surface area (Å²) in [5, 5.41) is 12.0. The van der Waals surface area contributed by atoms with Crippen LogP contribution in [0.5, 0.6) is 0 Å². The quantitative estimate of drug-likeness (QED) is 0.829. The van der Waals surface area contributed by atoms with Crippen molar-refractivity contribution in [2.45, 2.75) is 13.1 Å². The predicted octanol–water partition coefficient (Wildman–Crippen LogP) is 3.64. The van der Waals surface area contributed by atoms with E-state index in [4.69, 9.17) is 0 Å². The van der Waals surface area contributed by atoms with Crippen LogP contribution >= 0.6 is 0 Å². The maximum atomic E-state index is 12.9. The fourth-order valence-electron chi connectivity index (χ4n) is 3.21. The van der Waals surface area contributed by atoms with Crippen LogP contribution in [-0.2, 0) is 11.0 Å². The highest BCUT2D eigenvalue weighted by Gasteiger charge is 2.38. The molecule has 0 spiro atoms. The van der Waals surface area contributed by atoms with Gasteiger partial charge in [-0.15, -0.1) is 0 Å². The average Bonchev–Trinajstić information content (AvgIpc) is 3.03. The SMILES string of the molecule is C[C@@H]1CN(C(=O)c2cccnc2Nc2cccc(C(F)(F)F)c2)C[C@H]1C(=O)O. The average molecular weight is 393 g/mol. The summed E-state index contributed by atoms with van der Waals surface area (Å²) in [6, 6.07) is 7.63. The van der Waals surface area contributed by atoms with Gasteiger partial charge in [-0.25, -0.2) is 4.98 Å². The standard InChI is InChI=1S/C19H18F3N3O3/c1-11-9-25(10-15(11)18(27)28)17(26)14-6-3-7-23-16(14)24-13-5-2-4-12(8-13)19(20,21)22/h2-8,11,15H,9-10H2,1H3,(H,23,24)(H,27,28)/t11-,15-/m1/s1. The fourth-order valence-corrected chi connectivity index (χ4v) is 3.21. The molecule has 6 nitrogen and oxygen atoms in total. The molecule has 0 bridgehead atoms. The highest BCUT2D eigenvalue weighted by molar-refractivity contribution is 5.99. The summed E-state index contributed by atoms with van der Waals surface area (Å²) >= 11 is 0. The highest BCUT2D eigenvalue weighted by atomic mass is 19.4. The first-order valence-corrected chi connectivity index (χ1v) is 8.58. The Morgan fingerprint density at radius 3 is 2.61 bits per heavy atom. The van der Waals surface area contributed by atoms with E-state index in [1.807, 2.05) is 0 Å². The zero-order chi connectivity index (χ0) is 20.5. The molecule has 1 aromatic heterocycles. The Morgan fingerprint density at radius 2 is 1.96 bits per heavy atom. The molecule has 1 aliphatic heterocycles. The minimum Gasteiger partial charge on any atom is -0.481 e. The van der Waals surface area contributed by atoms with Crippen LogP contribution in [0.15, 0.2) is 42.6 Å². The number of alkyl halides is 3. The molecule has 148 valence electrons. The summed E-state index contributed by atoms with van der Waals surface area (Å²) < 4.78 is 38.7. The van der Waals surface area contributed by atoms with E-state index in [2.05, 4.69) is 10.3 Å². The summed E-state index contributed by atoms with van der Waals surface area (Å²) in [5.41, 5.74) is -0.516. The van der Waals surface area contributed by atoms with E-state index >= 15 is 0 Å². The minimum atomic E-state index is -4.49. The molecule has 28 heavy (non-hydrogen) atoms. The van der Waals surface area contributed by atoms with Crippen molar-refractivity contribution < 1.29 is 27.9 Å². The third kappa shape index (κ3) is 4.08. The monoisotopic (exact) mass is 393 g/mol. The molecule has 2 aromatic rings. The van der Waals surface area contributed by atoms with E-state index in [1.54, 1.807) is 13.0 Å². The van der Waals surface area contributed by atoms with Crippen LogP contribution in [0.1, 0.15) is 22.8 Å². The molecular formula is C19H18F3N3O3. The van der Waals surface area contributed by atoms with Gasteiger partial charge >= 0.3 is 12.1 Å². The maximum Gasteiger partial charge on any atom is 0.416 e. The molecule has 2 atom stereocenters. The van der Waals surface area contributed by atoms with Crippen LogP contribution in [0.4, 0.5) is 24.7 Å². The first-order chi connectivity index (χ1) is 13.2. The number of hydrogen-bond acceptors (Lipinski definition) is 4. The van der Waals surface area contributed by atoms with E-state index < -0.39 is 29.5 Å². The van der Waals surface area contributed by atoms with E-state index in [0.29, 0.717) is 0 Å². The lowest BCUT2D eigenvalue weighted by atomic mass is 9.99. The minimum absolute atomic E-state index is 0.0766. The van der Waals surface area contributed by atoms with Crippen molar-refractivity contribution in [2.24, 2.45) is 11.8 Å². The first kappa shape index (κ1) is 19.7. The lowest BCUT2D eigenvalue weighted by molar-refractivity contribution is -0.142. The molecular weight excluding hydrogens is 375 g/mol. The lowest BCUT2D eigenvalue weighted by Gasteiger charge is -2.18. The number of carboxylic acid groups (broad SMARTS) is 1. The molecule has 0 radical (unpaired) electrons. The van der Waals surface area contributed by atoms with Gasteiger partial charge in [0.05, 0.1) is 17.0 Å². The third-order valence-corrected chi connectivity index (χ3v) is 4.71. The van der Waals surface area contributed by atoms with Crippen molar-refractivity contribution in [3.63, 3.8) is 0 Å². The number of nitrogens with one attached hydrogen (secondary N) is 1. The van der Waals surface area contributed by atoms with Crippen molar-refractivity contribution in [3.8, 4) is 0 Å².